The van der Waals surface area contributed by atoms with Crippen molar-refractivity contribution in [1.29, 1.82) is 0 Å². The first-order chi connectivity index (χ1) is 10.1. The van der Waals surface area contributed by atoms with Crippen molar-refractivity contribution in [2.75, 3.05) is 14.1 Å². The van der Waals surface area contributed by atoms with Gasteiger partial charge in [-0.05, 0) is 24.6 Å². The molecular formula is C15H20FIN4S. The second kappa shape index (κ2) is 9.04. The molecule has 0 atom stereocenters. The van der Waals surface area contributed by atoms with Gasteiger partial charge in [-0.25, -0.2) is 9.37 Å². The summed E-state index contributed by atoms with van der Waals surface area (Å²) in [5.74, 6) is 0.536. The summed E-state index contributed by atoms with van der Waals surface area (Å²) in [7, 11) is 3.66. The summed E-state index contributed by atoms with van der Waals surface area (Å²) in [6, 6.07) is 6.60. The number of nitrogens with one attached hydrogen (secondary N) is 1. The largest absolute Gasteiger partial charge is 0.350 e. The van der Waals surface area contributed by atoms with Crippen LogP contribution in [0.15, 0.2) is 35.5 Å². The molecule has 0 aliphatic carbocycles. The molecule has 0 amide bonds. The molecule has 1 aromatic carbocycles. The lowest BCUT2D eigenvalue weighted by Crippen LogP contribution is -2.38. The summed E-state index contributed by atoms with van der Waals surface area (Å²) < 4.78 is 13.2. The Balaban J connectivity index is 0.00000242. The first-order valence-corrected chi connectivity index (χ1v) is 7.47. The van der Waals surface area contributed by atoms with Gasteiger partial charge in [0, 0.05) is 31.7 Å². The highest BCUT2D eigenvalue weighted by Gasteiger charge is 2.08. The van der Waals surface area contributed by atoms with Crippen molar-refractivity contribution >= 4 is 41.3 Å². The molecule has 0 spiro atoms. The normalized spacial score (nSPS) is 11.0. The Morgan fingerprint density at radius 2 is 2.23 bits per heavy atom. The van der Waals surface area contributed by atoms with Crippen LogP contribution in [0, 0.1) is 12.7 Å². The minimum atomic E-state index is -0.220. The monoisotopic (exact) mass is 434 g/mol. The van der Waals surface area contributed by atoms with E-state index in [0.717, 1.165) is 16.5 Å². The molecule has 0 aliphatic heterocycles. The van der Waals surface area contributed by atoms with Crippen molar-refractivity contribution < 1.29 is 4.39 Å². The number of aryl methyl sites for hydroxylation is 1. The molecular weight excluding hydrogens is 414 g/mol. The Bertz CT molecular complexity index is 630. The van der Waals surface area contributed by atoms with Gasteiger partial charge < -0.3 is 10.2 Å². The van der Waals surface area contributed by atoms with E-state index in [2.05, 4.69) is 15.3 Å². The van der Waals surface area contributed by atoms with Crippen molar-refractivity contribution in [2.45, 2.75) is 20.0 Å². The van der Waals surface area contributed by atoms with E-state index in [9.17, 15) is 4.39 Å². The number of guanidine groups is 1. The molecule has 1 aromatic heterocycles. The molecule has 2 rings (SSSR count). The van der Waals surface area contributed by atoms with Crippen LogP contribution in [0.3, 0.4) is 0 Å². The summed E-state index contributed by atoms with van der Waals surface area (Å²) in [6.45, 7) is 3.26. The van der Waals surface area contributed by atoms with Crippen LogP contribution < -0.4 is 5.32 Å². The van der Waals surface area contributed by atoms with Crippen LogP contribution in [0.5, 0.6) is 0 Å². The lowest BCUT2D eigenvalue weighted by atomic mass is 10.2. The zero-order valence-corrected chi connectivity index (χ0v) is 16.0. The lowest BCUT2D eigenvalue weighted by Gasteiger charge is -2.21. The maximum Gasteiger partial charge on any atom is 0.194 e. The average molecular weight is 434 g/mol. The number of hydrogen-bond acceptors (Lipinski definition) is 3. The number of thiazole rings is 1. The molecule has 2 aromatic rings. The molecule has 0 saturated heterocycles. The third-order valence-corrected chi connectivity index (χ3v) is 3.86. The van der Waals surface area contributed by atoms with Crippen molar-refractivity contribution in [3.05, 3.63) is 51.7 Å². The minimum absolute atomic E-state index is 0. The van der Waals surface area contributed by atoms with Gasteiger partial charge in [-0.2, -0.15) is 0 Å². The fourth-order valence-corrected chi connectivity index (χ4v) is 2.73. The van der Waals surface area contributed by atoms with Crippen molar-refractivity contribution in [3.63, 3.8) is 0 Å². The SMILES string of the molecule is CN=C(NCc1ncc(C)s1)N(C)Cc1cccc(F)c1.I. The zero-order chi connectivity index (χ0) is 15.2. The Morgan fingerprint density at radius 3 is 2.82 bits per heavy atom. The van der Waals surface area contributed by atoms with Crippen molar-refractivity contribution in [1.82, 2.24) is 15.2 Å². The molecule has 0 unspecified atom stereocenters. The van der Waals surface area contributed by atoms with Crippen LogP contribution in [0.25, 0.3) is 0 Å². The van der Waals surface area contributed by atoms with Crippen LogP contribution in [0.1, 0.15) is 15.4 Å². The summed E-state index contributed by atoms with van der Waals surface area (Å²) in [5, 5.41) is 4.28. The second-order valence-corrected chi connectivity index (χ2v) is 6.07. The average Bonchev–Trinajstić information content (AvgIpc) is 2.85. The van der Waals surface area contributed by atoms with Gasteiger partial charge in [0.1, 0.15) is 10.8 Å². The fourth-order valence-electron chi connectivity index (χ4n) is 2.01. The highest BCUT2D eigenvalue weighted by molar-refractivity contribution is 14.0. The predicted octanol–water partition coefficient (Wildman–Crippen LogP) is 3.42. The van der Waals surface area contributed by atoms with E-state index in [1.54, 1.807) is 24.5 Å². The van der Waals surface area contributed by atoms with Gasteiger partial charge in [0.2, 0.25) is 0 Å². The van der Waals surface area contributed by atoms with Crippen LogP contribution in [-0.4, -0.2) is 29.9 Å². The molecule has 120 valence electrons. The van der Waals surface area contributed by atoms with Gasteiger partial charge in [-0.15, -0.1) is 35.3 Å². The maximum atomic E-state index is 13.2. The van der Waals surface area contributed by atoms with E-state index in [0.29, 0.717) is 13.1 Å². The van der Waals surface area contributed by atoms with E-state index in [-0.39, 0.29) is 29.8 Å². The van der Waals surface area contributed by atoms with Gasteiger partial charge in [0.15, 0.2) is 5.96 Å². The lowest BCUT2D eigenvalue weighted by molar-refractivity contribution is 0.474. The number of hydrogen-bond donors (Lipinski definition) is 1. The summed E-state index contributed by atoms with van der Waals surface area (Å²) >= 11 is 1.66. The van der Waals surface area contributed by atoms with Crippen molar-refractivity contribution in [3.8, 4) is 0 Å². The van der Waals surface area contributed by atoms with E-state index < -0.39 is 0 Å². The molecule has 22 heavy (non-hydrogen) atoms. The first kappa shape index (κ1) is 18.8. The van der Waals surface area contributed by atoms with Gasteiger partial charge in [0.05, 0.1) is 6.54 Å². The quantitative estimate of drug-likeness (QED) is 0.456. The second-order valence-electron chi connectivity index (χ2n) is 4.75. The van der Waals surface area contributed by atoms with E-state index in [4.69, 9.17) is 0 Å². The number of aromatic nitrogens is 1. The first-order valence-electron chi connectivity index (χ1n) is 6.66. The topological polar surface area (TPSA) is 40.5 Å². The zero-order valence-electron chi connectivity index (χ0n) is 12.8. The summed E-state index contributed by atoms with van der Waals surface area (Å²) in [5.41, 5.74) is 0.908. The van der Waals surface area contributed by atoms with Gasteiger partial charge >= 0.3 is 0 Å². The van der Waals surface area contributed by atoms with Crippen LogP contribution >= 0.6 is 35.3 Å². The molecule has 4 nitrogen and oxygen atoms in total. The minimum Gasteiger partial charge on any atom is -0.350 e. The molecule has 0 radical (unpaired) electrons. The Morgan fingerprint density at radius 1 is 1.45 bits per heavy atom. The van der Waals surface area contributed by atoms with E-state index in [1.165, 1.54) is 17.0 Å². The molecule has 0 bridgehead atoms. The van der Waals surface area contributed by atoms with Crippen LogP contribution in [0.4, 0.5) is 4.39 Å². The maximum absolute atomic E-state index is 13.2. The van der Waals surface area contributed by atoms with Crippen molar-refractivity contribution in [2.24, 2.45) is 4.99 Å². The van der Waals surface area contributed by atoms with E-state index in [1.807, 2.05) is 31.1 Å². The number of benzene rings is 1. The Labute approximate surface area is 151 Å². The molecule has 0 saturated carbocycles. The Hall–Kier alpha value is -1.22. The molecule has 1 heterocycles. The van der Waals surface area contributed by atoms with Gasteiger partial charge in [0.25, 0.3) is 0 Å². The fraction of sp³-hybridized carbons (Fsp3) is 0.333. The van der Waals surface area contributed by atoms with Crippen LogP contribution in [-0.2, 0) is 13.1 Å². The third kappa shape index (κ3) is 5.53. The van der Waals surface area contributed by atoms with Gasteiger partial charge in [-0.1, -0.05) is 12.1 Å². The molecule has 0 aliphatic rings. The number of aliphatic imine (C=N–C) groups is 1. The van der Waals surface area contributed by atoms with Gasteiger partial charge in [-0.3, -0.25) is 4.99 Å². The molecule has 1 N–H and O–H groups in total. The summed E-state index contributed by atoms with van der Waals surface area (Å²) in [6.07, 6.45) is 1.86. The number of nitrogens with zero attached hydrogens (tertiary/aromatic N) is 3. The summed E-state index contributed by atoms with van der Waals surface area (Å²) in [4.78, 5) is 11.7. The van der Waals surface area contributed by atoms with E-state index >= 15 is 0 Å². The molecule has 0 fully saturated rings. The van der Waals surface area contributed by atoms with Crippen LogP contribution in [0.2, 0.25) is 0 Å². The smallest absolute Gasteiger partial charge is 0.194 e. The highest BCUT2D eigenvalue weighted by Crippen LogP contribution is 2.11. The Kier molecular flexibility index (Phi) is 7.74. The molecule has 7 heteroatoms. The number of halogens is 2. The predicted molar refractivity (Wildman–Crippen MR) is 100 cm³/mol. The number of rotatable bonds is 4. The highest BCUT2D eigenvalue weighted by atomic mass is 127. The standard InChI is InChI=1S/C15H19FN4S.HI/c1-11-8-18-14(21-11)9-19-15(17-2)20(3)10-12-5-4-6-13(16)7-12;/h4-8H,9-10H2,1-3H3,(H,17,19);1H. The third-order valence-electron chi connectivity index (χ3n) is 2.95.